The maximum absolute atomic E-state index is 11.5. The summed E-state index contributed by atoms with van der Waals surface area (Å²) in [6, 6.07) is 0. The molecule has 1 rings (SSSR count). The molecule has 0 N–H and O–H groups in total. The van der Waals surface area contributed by atoms with E-state index in [4.69, 9.17) is 14.2 Å². The molecule has 5 nitrogen and oxygen atoms in total. The minimum absolute atomic E-state index is 0.0444. The summed E-state index contributed by atoms with van der Waals surface area (Å²) in [6.07, 6.45) is 0. The maximum atomic E-state index is 11.5. The van der Waals surface area contributed by atoms with E-state index in [0.717, 1.165) is 0 Å². The van der Waals surface area contributed by atoms with Crippen LogP contribution in [0.1, 0.15) is 0 Å². The molecular formula is C7H11FO5. The normalized spacial score (nSPS) is 25.5. The van der Waals surface area contributed by atoms with Gasteiger partial charge in [-0.05, 0) is 0 Å². The molecule has 1 atom stereocenters. The second-order valence-corrected chi connectivity index (χ2v) is 2.56. The summed E-state index contributed by atoms with van der Waals surface area (Å²) in [5.41, 5.74) is 0. The molecule has 0 aromatic carbocycles. The summed E-state index contributed by atoms with van der Waals surface area (Å²) >= 11 is 0. The minimum atomic E-state index is -0.970. The van der Waals surface area contributed by atoms with Crippen molar-refractivity contribution in [1.29, 1.82) is 0 Å². The van der Waals surface area contributed by atoms with Crippen molar-refractivity contribution in [2.24, 2.45) is 5.92 Å². The highest BCUT2D eigenvalue weighted by molar-refractivity contribution is 5.72. The van der Waals surface area contributed by atoms with Gasteiger partial charge in [-0.2, -0.15) is 0 Å². The van der Waals surface area contributed by atoms with Gasteiger partial charge in [-0.15, -0.1) is 0 Å². The zero-order chi connectivity index (χ0) is 9.52. The van der Waals surface area contributed by atoms with Gasteiger partial charge in [0.2, 0.25) is 0 Å². The maximum Gasteiger partial charge on any atom is 0.356 e. The fourth-order valence-electron chi connectivity index (χ4n) is 0.899. The summed E-state index contributed by atoms with van der Waals surface area (Å²) in [7, 11) is 0. The Morgan fingerprint density at radius 2 is 1.92 bits per heavy atom. The van der Waals surface area contributed by atoms with Gasteiger partial charge < -0.3 is 14.2 Å². The Balaban J connectivity index is 2.36. The molecule has 1 aliphatic rings. The summed E-state index contributed by atoms with van der Waals surface area (Å²) in [5, 5.41) is 0. The van der Waals surface area contributed by atoms with E-state index in [2.05, 4.69) is 4.94 Å². The van der Waals surface area contributed by atoms with Crippen molar-refractivity contribution in [2.45, 2.75) is 0 Å². The predicted octanol–water partition coefficient (Wildman–Crippen LogP) is 0.0512. The van der Waals surface area contributed by atoms with Crippen molar-refractivity contribution in [2.75, 3.05) is 33.2 Å². The highest BCUT2D eigenvalue weighted by Gasteiger charge is 2.22. The lowest BCUT2D eigenvalue weighted by Crippen LogP contribution is -2.25. The molecule has 1 aliphatic heterocycles. The molecule has 1 unspecified atom stereocenters. The van der Waals surface area contributed by atoms with E-state index in [0.29, 0.717) is 13.2 Å². The minimum Gasteiger partial charge on any atom is -0.378 e. The molecule has 6 heteroatoms. The largest absolute Gasteiger partial charge is 0.378 e. The Morgan fingerprint density at radius 1 is 1.23 bits per heavy atom. The first-order chi connectivity index (χ1) is 6.34. The number of carbonyl (C=O) groups excluding carboxylic acids is 1. The smallest absolute Gasteiger partial charge is 0.356 e. The van der Waals surface area contributed by atoms with Gasteiger partial charge in [-0.25, -0.2) is 4.79 Å². The summed E-state index contributed by atoms with van der Waals surface area (Å²) in [5.74, 6) is -1.69. The summed E-state index contributed by atoms with van der Waals surface area (Å²) < 4.78 is 26.4. The fourth-order valence-corrected chi connectivity index (χ4v) is 0.899. The molecule has 13 heavy (non-hydrogen) atoms. The van der Waals surface area contributed by atoms with Crippen LogP contribution in [0.2, 0.25) is 0 Å². The van der Waals surface area contributed by atoms with Crippen molar-refractivity contribution in [3.63, 3.8) is 0 Å². The number of carbonyl (C=O) groups is 1. The van der Waals surface area contributed by atoms with Gasteiger partial charge in [0.25, 0.3) is 0 Å². The summed E-state index contributed by atoms with van der Waals surface area (Å²) in [4.78, 5) is 13.8. The van der Waals surface area contributed by atoms with E-state index in [1.807, 2.05) is 0 Å². The monoisotopic (exact) mass is 194 g/mol. The molecule has 0 aromatic rings. The quantitative estimate of drug-likeness (QED) is 0.590. The molecule has 0 bridgehead atoms. The van der Waals surface area contributed by atoms with Gasteiger partial charge in [0.1, 0.15) is 12.7 Å². The predicted molar refractivity (Wildman–Crippen MR) is 38.3 cm³/mol. The highest BCUT2D eigenvalue weighted by atomic mass is 19.3. The van der Waals surface area contributed by atoms with Crippen LogP contribution in [0.3, 0.4) is 0 Å². The average Bonchev–Trinajstić information content (AvgIpc) is 2.29. The standard InChI is InChI=1S/C7H11FO5/c8-13-7(9)6-3-10-1-2-11-5-12-4-6/h6H,1-5H2. The van der Waals surface area contributed by atoms with Crippen molar-refractivity contribution in [3.05, 3.63) is 0 Å². The third kappa shape index (κ3) is 3.67. The Hall–Kier alpha value is -0.720. The Kier molecular flexibility index (Phi) is 4.66. The molecule has 0 spiro atoms. The molecule has 0 aliphatic carbocycles. The van der Waals surface area contributed by atoms with Crippen LogP contribution >= 0.6 is 0 Å². The Morgan fingerprint density at radius 3 is 2.69 bits per heavy atom. The van der Waals surface area contributed by atoms with E-state index in [-0.39, 0.29) is 20.0 Å². The number of rotatable bonds is 1. The molecular weight excluding hydrogens is 183 g/mol. The van der Waals surface area contributed by atoms with Crippen LogP contribution in [0.15, 0.2) is 0 Å². The van der Waals surface area contributed by atoms with E-state index < -0.39 is 11.9 Å². The molecule has 0 saturated carbocycles. The number of halogens is 1. The number of hydrogen-bond donors (Lipinski definition) is 0. The molecule has 0 radical (unpaired) electrons. The van der Waals surface area contributed by atoms with E-state index in [1.54, 1.807) is 0 Å². The van der Waals surface area contributed by atoms with E-state index in [1.165, 1.54) is 0 Å². The van der Waals surface area contributed by atoms with Crippen molar-refractivity contribution < 1.29 is 28.5 Å². The first-order valence-electron chi connectivity index (χ1n) is 3.90. The third-order valence-electron chi connectivity index (χ3n) is 1.59. The molecule has 1 fully saturated rings. The second-order valence-electron chi connectivity index (χ2n) is 2.56. The van der Waals surface area contributed by atoms with Gasteiger partial charge in [0.05, 0.1) is 26.4 Å². The second kappa shape index (κ2) is 5.85. The highest BCUT2D eigenvalue weighted by Crippen LogP contribution is 2.04. The first-order valence-corrected chi connectivity index (χ1v) is 3.90. The molecule has 0 amide bonds. The van der Waals surface area contributed by atoms with Gasteiger partial charge >= 0.3 is 5.97 Å². The van der Waals surface area contributed by atoms with E-state index >= 15 is 0 Å². The molecule has 1 saturated heterocycles. The van der Waals surface area contributed by atoms with Crippen molar-refractivity contribution in [3.8, 4) is 0 Å². The van der Waals surface area contributed by atoms with Crippen LogP contribution in [-0.4, -0.2) is 39.2 Å². The van der Waals surface area contributed by atoms with Crippen molar-refractivity contribution >= 4 is 5.97 Å². The number of ether oxygens (including phenoxy) is 3. The van der Waals surface area contributed by atoms with Crippen molar-refractivity contribution in [1.82, 2.24) is 0 Å². The van der Waals surface area contributed by atoms with Crippen LogP contribution in [0.4, 0.5) is 4.53 Å². The van der Waals surface area contributed by atoms with Gasteiger partial charge in [-0.1, -0.05) is 0 Å². The lowest BCUT2D eigenvalue weighted by atomic mass is 10.2. The molecule has 1 heterocycles. The summed E-state index contributed by atoms with van der Waals surface area (Å²) in [6.45, 7) is 0.977. The van der Waals surface area contributed by atoms with Crippen LogP contribution in [0, 0.1) is 5.92 Å². The topological polar surface area (TPSA) is 54.0 Å². The Bertz CT molecular complexity index is 153. The zero-order valence-corrected chi connectivity index (χ0v) is 7.03. The van der Waals surface area contributed by atoms with Gasteiger partial charge in [0, 0.05) is 4.53 Å². The number of hydrogen-bond acceptors (Lipinski definition) is 5. The zero-order valence-electron chi connectivity index (χ0n) is 7.03. The Labute approximate surface area is 74.6 Å². The van der Waals surface area contributed by atoms with Crippen LogP contribution in [-0.2, 0) is 23.9 Å². The lowest BCUT2D eigenvalue weighted by Gasteiger charge is -2.09. The van der Waals surface area contributed by atoms with E-state index in [9.17, 15) is 9.32 Å². The molecule has 0 aromatic heterocycles. The van der Waals surface area contributed by atoms with Crippen LogP contribution < -0.4 is 0 Å². The molecule has 76 valence electrons. The fraction of sp³-hybridized carbons (Fsp3) is 0.857. The third-order valence-corrected chi connectivity index (χ3v) is 1.59. The first kappa shape index (κ1) is 10.4. The van der Waals surface area contributed by atoms with Gasteiger partial charge in [-0.3, -0.25) is 4.94 Å². The average molecular weight is 194 g/mol. The van der Waals surface area contributed by atoms with Crippen LogP contribution in [0.5, 0.6) is 0 Å². The van der Waals surface area contributed by atoms with Gasteiger partial charge in [0.15, 0.2) is 0 Å². The lowest BCUT2D eigenvalue weighted by molar-refractivity contribution is -0.193. The van der Waals surface area contributed by atoms with Crippen LogP contribution in [0.25, 0.3) is 0 Å². The SMILES string of the molecule is O=C(OF)C1COCCOCOC1.